The summed E-state index contributed by atoms with van der Waals surface area (Å²) in [7, 11) is 0. The van der Waals surface area contributed by atoms with Crippen LogP contribution in [-0.2, 0) is 4.79 Å². The van der Waals surface area contributed by atoms with Gasteiger partial charge in [-0.05, 0) is 12.8 Å². The lowest BCUT2D eigenvalue weighted by atomic mass is 9.90. The van der Waals surface area contributed by atoms with E-state index in [1.54, 1.807) is 0 Å². The van der Waals surface area contributed by atoms with Gasteiger partial charge < -0.3 is 5.11 Å². The molecule has 0 saturated heterocycles. The predicted molar refractivity (Wildman–Crippen MR) is 137 cm³/mol. The Bertz CT molecular complexity index is 346. The fourth-order valence-electron chi connectivity index (χ4n) is 4.47. The minimum atomic E-state index is -0.691. The Morgan fingerprint density at radius 2 is 0.833 bits per heavy atom. The summed E-state index contributed by atoms with van der Waals surface area (Å²) in [5.41, 5.74) is 0. The van der Waals surface area contributed by atoms with Crippen molar-refractivity contribution >= 4 is 18.6 Å². The molecule has 0 saturated carbocycles. The summed E-state index contributed by atoms with van der Waals surface area (Å²) >= 11 is 4.86. The van der Waals surface area contributed by atoms with E-state index in [0.29, 0.717) is 0 Å². The molecule has 0 aliphatic carbocycles. The summed E-state index contributed by atoms with van der Waals surface area (Å²) in [6.07, 6.45) is 28.6. The molecular formula is C27H54O2S. The zero-order valence-electron chi connectivity index (χ0n) is 20.6. The Balaban J connectivity index is 3.76. The Hall–Kier alpha value is -0.180. The lowest BCUT2D eigenvalue weighted by Gasteiger charge is -2.27. The molecule has 0 bridgehead atoms. The third kappa shape index (κ3) is 21.1. The maximum absolute atomic E-state index is 11.3. The third-order valence-electron chi connectivity index (χ3n) is 6.47. The summed E-state index contributed by atoms with van der Waals surface area (Å²) in [6.45, 7) is 4.53. The first-order valence-corrected chi connectivity index (χ1v) is 13.9. The topological polar surface area (TPSA) is 37.3 Å². The third-order valence-corrected chi connectivity index (χ3v) is 7.08. The van der Waals surface area contributed by atoms with Crippen LogP contribution >= 0.6 is 12.6 Å². The molecule has 0 spiro atoms. The van der Waals surface area contributed by atoms with E-state index >= 15 is 0 Å². The number of rotatable bonds is 24. The molecule has 0 aromatic heterocycles. The first kappa shape index (κ1) is 29.8. The predicted octanol–water partition coefficient (Wildman–Crippen LogP) is 9.75. The summed E-state index contributed by atoms with van der Waals surface area (Å²) in [5, 5.41) is 9.32. The maximum Gasteiger partial charge on any atom is 0.304 e. The number of hydrogen-bond donors (Lipinski definition) is 2. The maximum atomic E-state index is 11.3. The molecule has 0 unspecified atom stereocenters. The minimum absolute atomic E-state index is 0.213. The van der Waals surface area contributed by atoms with E-state index in [1.165, 1.54) is 116 Å². The monoisotopic (exact) mass is 442 g/mol. The van der Waals surface area contributed by atoms with Crippen LogP contribution in [0.4, 0.5) is 0 Å². The first-order chi connectivity index (χ1) is 14.5. The van der Waals surface area contributed by atoms with Crippen LogP contribution in [0.15, 0.2) is 0 Å². The van der Waals surface area contributed by atoms with Crippen LogP contribution in [-0.4, -0.2) is 15.8 Å². The molecule has 0 rings (SSSR count). The van der Waals surface area contributed by atoms with E-state index in [0.717, 1.165) is 25.7 Å². The summed E-state index contributed by atoms with van der Waals surface area (Å²) < 4.78 is -0.299. The molecule has 2 nitrogen and oxygen atoms in total. The van der Waals surface area contributed by atoms with Crippen molar-refractivity contribution in [1.29, 1.82) is 0 Å². The molecule has 0 aromatic carbocycles. The van der Waals surface area contributed by atoms with Gasteiger partial charge in [0.05, 0.1) is 6.42 Å². The fraction of sp³-hybridized carbons (Fsp3) is 0.963. The summed E-state index contributed by atoms with van der Waals surface area (Å²) in [6, 6.07) is 0. The molecule has 0 aliphatic heterocycles. The highest BCUT2D eigenvalue weighted by Gasteiger charge is 2.27. The number of carboxylic acid groups (broad SMARTS) is 1. The number of thiol groups is 1. The quantitative estimate of drug-likeness (QED) is 0.115. The minimum Gasteiger partial charge on any atom is -0.481 e. The van der Waals surface area contributed by atoms with Crippen LogP contribution in [0.3, 0.4) is 0 Å². The second-order valence-corrected chi connectivity index (χ2v) is 10.6. The summed E-state index contributed by atoms with van der Waals surface area (Å²) in [5.74, 6) is -0.691. The van der Waals surface area contributed by atoms with Gasteiger partial charge in [0.15, 0.2) is 0 Å². The Morgan fingerprint density at radius 3 is 1.10 bits per heavy atom. The molecule has 0 aliphatic rings. The number of hydrogen-bond acceptors (Lipinski definition) is 2. The molecule has 0 fully saturated rings. The number of unbranched alkanes of at least 4 members (excludes halogenated alkanes) is 18. The van der Waals surface area contributed by atoms with Gasteiger partial charge >= 0.3 is 5.97 Å². The van der Waals surface area contributed by atoms with Gasteiger partial charge in [0, 0.05) is 4.75 Å². The van der Waals surface area contributed by atoms with Crippen LogP contribution in [0.2, 0.25) is 0 Å². The lowest BCUT2D eigenvalue weighted by Crippen LogP contribution is -2.25. The average Bonchev–Trinajstić information content (AvgIpc) is 2.70. The lowest BCUT2D eigenvalue weighted by molar-refractivity contribution is -0.137. The first-order valence-electron chi connectivity index (χ1n) is 13.5. The molecule has 0 amide bonds. The molecule has 0 atom stereocenters. The van der Waals surface area contributed by atoms with Crippen molar-refractivity contribution in [3.8, 4) is 0 Å². The van der Waals surface area contributed by atoms with Crippen LogP contribution in [0.25, 0.3) is 0 Å². The highest BCUT2D eigenvalue weighted by molar-refractivity contribution is 7.81. The van der Waals surface area contributed by atoms with Gasteiger partial charge in [0.25, 0.3) is 0 Å². The van der Waals surface area contributed by atoms with Gasteiger partial charge in [-0.3, -0.25) is 4.79 Å². The van der Waals surface area contributed by atoms with Crippen LogP contribution in [0, 0.1) is 0 Å². The normalized spacial score (nSPS) is 11.8. The molecule has 0 aromatic rings. The fourth-order valence-corrected chi connectivity index (χ4v) is 4.92. The standard InChI is InChI=1S/C27H54O2S/c1-3-5-7-9-11-13-15-17-19-21-23-27(30,25-26(28)29)24-22-20-18-16-14-12-10-8-6-4-2/h30H,3-25H2,1-2H3,(H,28,29). The zero-order chi connectivity index (χ0) is 22.3. The zero-order valence-corrected chi connectivity index (χ0v) is 21.5. The van der Waals surface area contributed by atoms with Crippen molar-refractivity contribution in [2.75, 3.05) is 0 Å². The largest absolute Gasteiger partial charge is 0.481 e. The average molecular weight is 443 g/mol. The van der Waals surface area contributed by atoms with Crippen molar-refractivity contribution in [3.63, 3.8) is 0 Å². The number of carboxylic acids is 1. The van der Waals surface area contributed by atoms with Crippen LogP contribution in [0.1, 0.15) is 162 Å². The Kier molecular flexibility index (Phi) is 21.9. The molecule has 0 heterocycles. The number of carbonyl (C=O) groups is 1. The van der Waals surface area contributed by atoms with Gasteiger partial charge in [-0.25, -0.2) is 0 Å². The van der Waals surface area contributed by atoms with Gasteiger partial charge in [-0.15, -0.1) is 0 Å². The van der Waals surface area contributed by atoms with E-state index in [2.05, 4.69) is 13.8 Å². The van der Waals surface area contributed by atoms with Crippen molar-refractivity contribution in [3.05, 3.63) is 0 Å². The molecular weight excluding hydrogens is 388 g/mol. The SMILES string of the molecule is CCCCCCCCCCCCC(S)(CCCCCCCCCCCC)CC(=O)O. The Morgan fingerprint density at radius 1 is 0.567 bits per heavy atom. The molecule has 3 heteroatoms. The molecule has 30 heavy (non-hydrogen) atoms. The second kappa shape index (κ2) is 22.0. The smallest absolute Gasteiger partial charge is 0.304 e. The van der Waals surface area contributed by atoms with E-state index in [1.807, 2.05) is 0 Å². The van der Waals surface area contributed by atoms with Gasteiger partial charge in [-0.1, -0.05) is 142 Å². The van der Waals surface area contributed by atoms with Gasteiger partial charge in [0.1, 0.15) is 0 Å². The highest BCUT2D eigenvalue weighted by Crippen LogP contribution is 2.33. The second-order valence-electron chi connectivity index (χ2n) is 9.66. The van der Waals surface area contributed by atoms with Crippen molar-refractivity contribution in [2.45, 2.75) is 166 Å². The summed E-state index contributed by atoms with van der Waals surface area (Å²) in [4.78, 5) is 11.3. The van der Waals surface area contributed by atoms with Gasteiger partial charge in [-0.2, -0.15) is 12.6 Å². The van der Waals surface area contributed by atoms with Crippen molar-refractivity contribution < 1.29 is 9.90 Å². The van der Waals surface area contributed by atoms with E-state index in [9.17, 15) is 9.90 Å². The van der Waals surface area contributed by atoms with Gasteiger partial charge in [0.2, 0.25) is 0 Å². The van der Waals surface area contributed by atoms with Crippen molar-refractivity contribution in [2.24, 2.45) is 0 Å². The molecule has 1 N–H and O–H groups in total. The highest BCUT2D eigenvalue weighted by atomic mass is 32.1. The Labute approximate surface area is 194 Å². The van der Waals surface area contributed by atoms with Crippen LogP contribution < -0.4 is 0 Å². The molecule has 0 radical (unpaired) electrons. The number of aliphatic carboxylic acids is 1. The van der Waals surface area contributed by atoms with E-state index in [4.69, 9.17) is 12.6 Å². The van der Waals surface area contributed by atoms with E-state index in [-0.39, 0.29) is 11.2 Å². The van der Waals surface area contributed by atoms with E-state index < -0.39 is 5.97 Å². The molecule has 180 valence electrons. The van der Waals surface area contributed by atoms with Crippen molar-refractivity contribution in [1.82, 2.24) is 0 Å². The van der Waals surface area contributed by atoms with Crippen LogP contribution in [0.5, 0.6) is 0 Å².